The van der Waals surface area contributed by atoms with Crippen molar-refractivity contribution in [2.75, 3.05) is 19.8 Å². The lowest BCUT2D eigenvalue weighted by molar-refractivity contribution is 0.130. The van der Waals surface area contributed by atoms with Gasteiger partial charge in [-0.3, -0.25) is 0 Å². The zero-order valence-corrected chi connectivity index (χ0v) is 8.39. The molecule has 0 rings (SSSR count). The Kier molecular flexibility index (Phi) is 15.4. The lowest BCUT2D eigenvalue weighted by Crippen LogP contribution is -2.09. The first-order valence-corrected chi connectivity index (χ1v) is 4.55. The van der Waals surface area contributed by atoms with E-state index in [1.807, 2.05) is 13.8 Å². The number of ether oxygens (including phenoxy) is 1. The number of rotatable bonds is 5. The Labute approximate surface area is 71.1 Å². The van der Waals surface area contributed by atoms with E-state index in [-0.39, 0.29) is 0 Å². The van der Waals surface area contributed by atoms with Crippen LogP contribution in [-0.2, 0) is 4.74 Å². The first-order valence-electron chi connectivity index (χ1n) is 4.55. The van der Waals surface area contributed by atoms with Crippen LogP contribution in [0.25, 0.3) is 0 Å². The molecule has 2 nitrogen and oxygen atoms in total. The first kappa shape index (κ1) is 13.5. The summed E-state index contributed by atoms with van der Waals surface area (Å²) in [5.41, 5.74) is 5.22. The van der Waals surface area contributed by atoms with Crippen molar-refractivity contribution in [1.82, 2.24) is 0 Å². The van der Waals surface area contributed by atoms with Crippen molar-refractivity contribution in [2.45, 2.75) is 34.1 Å². The van der Waals surface area contributed by atoms with E-state index < -0.39 is 0 Å². The smallest absolute Gasteiger partial charge is 0.0588 e. The average molecular weight is 161 g/mol. The van der Waals surface area contributed by atoms with Gasteiger partial charge in [-0.25, -0.2) is 0 Å². The van der Waals surface area contributed by atoms with Crippen LogP contribution in [0.15, 0.2) is 0 Å². The Bertz CT molecular complexity index is 55.5. The summed E-state index contributed by atoms with van der Waals surface area (Å²) >= 11 is 0. The van der Waals surface area contributed by atoms with Crippen LogP contribution in [0.3, 0.4) is 0 Å². The fourth-order valence-electron chi connectivity index (χ4n) is 0.504. The Morgan fingerprint density at radius 1 is 1.18 bits per heavy atom. The van der Waals surface area contributed by atoms with Gasteiger partial charge < -0.3 is 10.5 Å². The van der Waals surface area contributed by atoms with Gasteiger partial charge in [-0.15, -0.1) is 0 Å². The summed E-state index contributed by atoms with van der Waals surface area (Å²) in [6.07, 6.45) is 1.14. The maximum atomic E-state index is 5.22. The molecule has 0 unspecified atom stereocenters. The Hall–Kier alpha value is -0.0800. The van der Waals surface area contributed by atoms with Crippen LogP contribution in [0.5, 0.6) is 0 Å². The molecule has 0 bridgehead atoms. The quantitative estimate of drug-likeness (QED) is 0.626. The monoisotopic (exact) mass is 161 g/mol. The van der Waals surface area contributed by atoms with Crippen molar-refractivity contribution in [2.24, 2.45) is 11.7 Å². The fourth-order valence-corrected chi connectivity index (χ4v) is 0.504. The first-order chi connectivity index (χ1) is 5.27. The van der Waals surface area contributed by atoms with Gasteiger partial charge in [0.2, 0.25) is 0 Å². The lowest BCUT2D eigenvalue weighted by atomic mass is 10.1. The topological polar surface area (TPSA) is 35.2 Å². The molecule has 0 aromatic heterocycles. The zero-order chi connectivity index (χ0) is 9.11. The van der Waals surface area contributed by atoms with E-state index in [0.29, 0.717) is 13.2 Å². The Morgan fingerprint density at radius 3 is 2.09 bits per heavy atom. The number of hydrogen-bond donors (Lipinski definition) is 1. The van der Waals surface area contributed by atoms with Crippen molar-refractivity contribution in [3.8, 4) is 0 Å². The standard InChI is InChI=1S/C7H17NO.C2H6/c1-7(2)3-5-9-6-4-8;1-2/h7H,3-6,8H2,1-2H3;1-2H3. The molecule has 0 radical (unpaired) electrons. The van der Waals surface area contributed by atoms with Gasteiger partial charge in [0.1, 0.15) is 0 Å². The van der Waals surface area contributed by atoms with Gasteiger partial charge in [-0.2, -0.15) is 0 Å². The molecule has 0 fully saturated rings. The molecule has 0 atom stereocenters. The molecular formula is C9H23NO. The highest BCUT2D eigenvalue weighted by atomic mass is 16.5. The summed E-state index contributed by atoms with van der Waals surface area (Å²) in [5.74, 6) is 0.739. The summed E-state index contributed by atoms with van der Waals surface area (Å²) < 4.78 is 5.17. The van der Waals surface area contributed by atoms with Crippen molar-refractivity contribution >= 4 is 0 Å². The third-order valence-corrected chi connectivity index (χ3v) is 1.10. The molecule has 0 aromatic rings. The van der Waals surface area contributed by atoms with E-state index in [1.165, 1.54) is 0 Å². The van der Waals surface area contributed by atoms with Crippen LogP contribution in [-0.4, -0.2) is 19.8 Å². The minimum absolute atomic E-state index is 0.637. The van der Waals surface area contributed by atoms with Gasteiger partial charge in [0, 0.05) is 13.2 Å². The van der Waals surface area contributed by atoms with Gasteiger partial charge in [0.15, 0.2) is 0 Å². The Balaban J connectivity index is 0. The molecule has 0 saturated carbocycles. The van der Waals surface area contributed by atoms with Gasteiger partial charge in [0.05, 0.1) is 6.61 Å². The molecule has 0 amide bonds. The maximum absolute atomic E-state index is 5.22. The molecule has 0 aromatic carbocycles. The third kappa shape index (κ3) is 17.8. The molecule has 0 aliphatic rings. The van der Waals surface area contributed by atoms with Gasteiger partial charge >= 0.3 is 0 Å². The highest BCUT2D eigenvalue weighted by Crippen LogP contribution is 1.97. The Morgan fingerprint density at radius 2 is 1.73 bits per heavy atom. The second-order valence-corrected chi connectivity index (χ2v) is 2.58. The summed E-state index contributed by atoms with van der Waals surface area (Å²) in [6, 6.07) is 0. The summed E-state index contributed by atoms with van der Waals surface area (Å²) in [6.45, 7) is 10.6. The highest BCUT2D eigenvalue weighted by molar-refractivity contribution is 4.42. The third-order valence-electron chi connectivity index (χ3n) is 1.10. The zero-order valence-electron chi connectivity index (χ0n) is 8.39. The molecule has 0 aliphatic heterocycles. The van der Waals surface area contributed by atoms with Crippen LogP contribution >= 0.6 is 0 Å². The fraction of sp³-hybridized carbons (Fsp3) is 1.00. The van der Waals surface area contributed by atoms with E-state index in [4.69, 9.17) is 10.5 Å². The van der Waals surface area contributed by atoms with Crippen LogP contribution < -0.4 is 5.73 Å². The number of nitrogens with two attached hydrogens (primary N) is 1. The molecule has 2 heteroatoms. The average Bonchev–Trinajstić information content (AvgIpc) is 2.02. The van der Waals surface area contributed by atoms with Crippen LogP contribution in [0, 0.1) is 5.92 Å². The van der Waals surface area contributed by atoms with Crippen LogP contribution in [0.2, 0.25) is 0 Å². The molecule has 2 N–H and O–H groups in total. The minimum Gasteiger partial charge on any atom is -0.380 e. The van der Waals surface area contributed by atoms with Gasteiger partial charge in [-0.05, 0) is 12.3 Å². The molecule has 0 spiro atoms. The minimum atomic E-state index is 0.637. The van der Waals surface area contributed by atoms with Gasteiger partial charge in [-0.1, -0.05) is 27.7 Å². The van der Waals surface area contributed by atoms with E-state index in [9.17, 15) is 0 Å². The summed E-state index contributed by atoms with van der Waals surface area (Å²) in [7, 11) is 0. The number of hydrogen-bond acceptors (Lipinski definition) is 2. The molecule has 0 heterocycles. The predicted octanol–water partition coefficient (Wildman–Crippen LogP) is 2.03. The molecule has 0 saturated heterocycles. The highest BCUT2D eigenvalue weighted by Gasteiger charge is 1.91. The van der Waals surface area contributed by atoms with Crippen molar-refractivity contribution < 1.29 is 4.74 Å². The summed E-state index contributed by atoms with van der Waals surface area (Å²) in [4.78, 5) is 0. The molecule has 0 aliphatic carbocycles. The van der Waals surface area contributed by atoms with Crippen molar-refractivity contribution in [3.63, 3.8) is 0 Å². The second kappa shape index (κ2) is 12.6. The van der Waals surface area contributed by atoms with E-state index >= 15 is 0 Å². The van der Waals surface area contributed by atoms with E-state index in [1.54, 1.807) is 0 Å². The second-order valence-electron chi connectivity index (χ2n) is 2.58. The summed E-state index contributed by atoms with van der Waals surface area (Å²) in [5, 5.41) is 0. The van der Waals surface area contributed by atoms with Gasteiger partial charge in [0.25, 0.3) is 0 Å². The van der Waals surface area contributed by atoms with E-state index in [2.05, 4.69) is 13.8 Å². The predicted molar refractivity (Wildman–Crippen MR) is 50.7 cm³/mol. The molecule has 70 valence electrons. The molecular weight excluding hydrogens is 138 g/mol. The normalized spacial score (nSPS) is 9.27. The van der Waals surface area contributed by atoms with Crippen molar-refractivity contribution in [1.29, 1.82) is 0 Å². The van der Waals surface area contributed by atoms with E-state index in [0.717, 1.165) is 18.9 Å². The largest absolute Gasteiger partial charge is 0.380 e. The van der Waals surface area contributed by atoms with Crippen molar-refractivity contribution in [3.05, 3.63) is 0 Å². The molecule has 11 heavy (non-hydrogen) atoms. The van der Waals surface area contributed by atoms with Crippen LogP contribution in [0.1, 0.15) is 34.1 Å². The maximum Gasteiger partial charge on any atom is 0.0588 e. The SMILES string of the molecule is CC.CC(C)CCOCCN. The van der Waals surface area contributed by atoms with Crippen LogP contribution in [0.4, 0.5) is 0 Å². The lowest BCUT2D eigenvalue weighted by Gasteiger charge is -2.03.